The fourth-order valence-corrected chi connectivity index (χ4v) is 3.23. The lowest BCUT2D eigenvalue weighted by atomic mass is 10.0. The van der Waals surface area contributed by atoms with Crippen molar-refractivity contribution in [2.45, 2.75) is 19.6 Å². The summed E-state index contributed by atoms with van der Waals surface area (Å²) < 4.78 is 5.93. The van der Waals surface area contributed by atoms with Gasteiger partial charge in [-0.3, -0.25) is 0 Å². The second-order valence-electron chi connectivity index (χ2n) is 6.09. The van der Waals surface area contributed by atoms with Gasteiger partial charge in [-0.2, -0.15) is 0 Å². The first-order valence-electron chi connectivity index (χ1n) is 7.89. The van der Waals surface area contributed by atoms with E-state index in [4.69, 9.17) is 10.5 Å². The minimum absolute atomic E-state index is 0.0693. The number of aryl methyl sites for hydroxylation is 1. The molecule has 0 bridgehead atoms. The van der Waals surface area contributed by atoms with E-state index in [0.717, 1.165) is 16.9 Å². The lowest BCUT2D eigenvalue weighted by Crippen LogP contribution is -2.08. The average molecular weight is 301 g/mol. The maximum Gasteiger partial charge on any atom is 0.120 e. The van der Waals surface area contributed by atoms with Crippen LogP contribution in [0.2, 0.25) is 0 Å². The Kier molecular flexibility index (Phi) is 3.40. The molecule has 0 fully saturated rings. The zero-order chi connectivity index (χ0) is 15.8. The summed E-state index contributed by atoms with van der Waals surface area (Å²) in [4.78, 5) is 0. The van der Waals surface area contributed by atoms with Gasteiger partial charge < -0.3 is 10.5 Å². The summed E-state index contributed by atoms with van der Waals surface area (Å²) in [6.45, 7) is 2.67. The van der Waals surface area contributed by atoms with Crippen LogP contribution in [0.3, 0.4) is 0 Å². The summed E-state index contributed by atoms with van der Waals surface area (Å²) in [6.07, 6.45) is 0. The Balaban J connectivity index is 1.62. The Bertz CT molecular complexity index is 855. The van der Waals surface area contributed by atoms with Gasteiger partial charge >= 0.3 is 0 Å². The van der Waals surface area contributed by atoms with Gasteiger partial charge in [0.15, 0.2) is 0 Å². The van der Waals surface area contributed by atoms with Crippen molar-refractivity contribution < 1.29 is 4.74 Å². The van der Waals surface area contributed by atoms with Crippen molar-refractivity contribution in [2.75, 3.05) is 0 Å². The van der Waals surface area contributed by atoms with Crippen molar-refractivity contribution in [1.82, 2.24) is 0 Å². The van der Waals surface area contributed by atoms with Crippen LogP contribution >= 0.6 is 0 Å². The summed E-state index contributed by atoms with van der Waals surface area (Å²) in [7, 11) is 0. The molecule has 1 unspecified atom stereocenters. The predicted octanol–water partition coefficient (Wildman–Crippen LogP) is 4.60. The largest absolute Gasteiger partial charge is 0.489 e. The van der Waals surface area contributed by atoms with Gasteiger partial charge in [-0.25, -0.2) is 0 Å². The molecule has 0 heterocycles. The highest BCUT2D eigenvalue weighted by Gasteiger charge is 2.26. The van der Waals surface area contributed by atoms with Crippen LogP contribution in [0.1, 0.15) is 28.3 Å². The van der Waals surface area contributed by atoms with Gasteiger partial charge in [0.25, 0.3) is 0 Å². The van der Waals surface area contributed by atoms with Gasteiger partial charge in [0.05, 0.1) is 6.04 Å². The first kappa shape index (κ1) is 14.0. The van der Waals surface area contributed by atoms with Crippen LogP contribution in [0.15, 0.2) is 66.7 Å². The lowest BCUT2D eigenvalue weighted by Gasteiger charge is -2.10. The Hall–Kier alpha value is -2.58. The number of nitrogens with two attached hydrogens (primary N) is 1. The van der Waals surface area contributed by atoms with Gasteiger partial charge in [0, 0.05) is 0 Å². The van der Waals surface area contributed by atoms with E-state index in [1.165, 1.54) is 22.3 Å². The third kappa shape index (κ3) is 2.51. The van der Waals surface area contributed by atoms with Crippen molar-refractivity contribution in [3.05, 3.63) is 89.0 Å². The normalized spacial score (nSPS) is 15.1. The average Bonchev–Trinajstić information content (AvgIpc) is 2.86. The molecule has 2 heteroatoms. The number of rotatable bonds is 3. The van der Waals surface area contributed by atoms with Crippen LogP contribution in [0.4, 0.5) is 0 Å². The van der Waals surface area contributed by atoms with Gasteiger partial charge in [-0.05, 0) is 46.9 Å². The smallest absolute Gasteiger partial charge is 0.120 e. The Morgan fingerprint density at radius 3 is 2.35 bits per heavy atom. The van der Waals surface area contributed by atoms with Crippen LogP contribution in [0, 0.1) is 6.92 Å². The fraction of sp³-hybridized carbons (Fsp3) is 0.143. The van der Waals surface area contributed by atoms with Crippen molar-refractivity contribution >= 4 is 0 Å². The van der Waals surface area contributed by atoms with Crippen LogP contribution in [-0.2, 0) is 6.61 Å². The second-order valence-corrected chi connectivity index (χ2v) is 6.09. The molecule has 0 saturated heterocycles. The number of fused-ring (bicyclic) bond motifs is 3. The molecule has 1 aliphatic carbocycles. The first-order valence-corrected chi connectivity index (χ1v) is 7.89. The Morgan fingerprint density at radius 2 is 1.57 bits per heavy atom. The summed E-state index contributed by atoms with van der Waals surface area (Å²) in [6, 6.07) is 22.9. The maximum absolute atomic E-state index is 6.45. The molecule has 3 aromatic carbocycles. The van der Waals surface area contributed by atoms with E-state index < -0.39 is 0 Å². The van der Waals surface area contributed by atoms with Crippen molar-refractivity contribution in [1.29, 1.82) is 0 Å². The SMILES string of the molecule is Cc1ccc2c(c1)C(N)c1cc(OCc3ccccc3)ccc1-2. The predicted molar refractivity (Wildman–Crippen MR) is 93.4 cm³/mol. The molecule has 3 aromatic rings. The summed E-state index contributed by atoms with van der Waals surface area (Å²) in [5, 5.41) is 0. The molecule has 0 aliphatic heterocycles. The zero-order valence-electron chi connectivity index (χ0n) is 13.1. The molecule has 0 spiro atoms. The highest BCUT2D eigenvalue weighted by atomic mass is 16.5. The highest BCUT2D eigenvalue weighted by Crippen LogP contribution is 2.43. The van der Waals surface area contributed by atoms with Crippen LogP contribution in [-0.4, -0.2) is 0 Å². The maximum atomic E-state index is 6.45. The van der Waals surface area contributed by atoms with Crippen molar-refractivity contribution in [3.63, 3.8) is 0 Å². The quantitative estimate of drug-likeness (QED) is 0.767. The monoisotopic (exact) mass is 301 g/mol. The van der Waals surface area contributed by atoms with Gasteiger partial charge in [0.2, 0.25) is 0 Å². The van der Waals surface area contributed by atoms with Crippen LogP contribution < -0.4 is 10.5 Å². The molecule has 0 aromatic heterocycles. The molecule has 0 saturated carbocycles. The molecular formula is C21H19NO. The number of hydrogen-bond acceptors (Lipinski definition) is 2. The number of ether oxygens (including phenoxy) is 1. The molecule has 0 amide bonds. The molecule has 23 heavy (non-hydrogen) atoms. The Morgan fingerprint density at radius 1 is 0.870 bits per heavy atom. The van der Waals surface area contributed by atoms with E-state index in [1.807, 2.05) is 24.3 Å². The molecule has 114 valence electrons. The molecule has 2 N–H and O–H groups in total. The fourth-order valence-electron chi connectivity index (χ4n) is 3.23. The number of benzene rings is 3. The molecule has 2 nitrogen and oxygen atoms in total. The van der Waals surface area contributed by atoms with E-state index in [0.29, 0.717) is 6.61 Å². The van der Waals surface area contributed by atoms with Crippen molar-refractivity contribution in [2.24, 2.45) is 5.73 Å². The number of hydrogen-bond donors (Lipinski definition) is 1. The van der Waals surface area contributed by atoms with E-state index in [9.17, 15) is 0 Å². The minimum atomic E-state index is -0.0693. The molecule has 4 rings (SSSR count). The third-order valence-corrected chi connectivity index (χ3v) is 4.44. The van der Waals surface area contributed by atoms with Gasteiger partial charge in [-0.1, -0.05) is 60.2 Å². The first-order chi connectivity index (χ1) is 11.2. The summed E-state index contributed by atoms with van der Waals surface area (Å²) >= 11 is 0. The second kappa shape index (κ2) is 5.56. The molecule has 1 aliphatic rings. The third-order valence-electron chi connectivity index (χ3n) is 4.44. The standard InChI is InChI=1S/C21H19NO/c1-14-7-9-17-18-10-8-16(12-20(18)21(22)19(17)11-14)23-13-15-5-3-2-4-6-15/h2-12,21H,13,22H2,1H3. The zero-order valence-corrected chi connectivity index (χ0v) is 13.1. The highest BCUT2D eigenvalue weighted by molar-refractivity contribution is 5.79. The van der Waals surface area contributed by atoms with Gasteiger partial charge in [0.1, 0.15) is 12.4 Å². The van der Waals surface area contributed by atoms with Crippen LogP contribution in [0.25, 0.3) is 11.1 Å². The van der Waals surface area contributed by atoms with E-state index in [2.05, 4.69) is 49.4 Å². The molecular weight excluding hydrogens is 282 g/mol. The van der Waals surface area contributed by atoms with Gasteiger partial charge in [-0.15, -0.1) is 0 Å². The summed E-state index contributed by atoms with van der Waals surface area (Å²) in [5.74, 6) is 0.868. The lowest BCUT2D eigenvalue weighted by molar-refractivity contribution is 0.306. The van der Waals surface area contributed by atoms with E-state index in [-0.39, 0.29) is 6.04 Å². The molecule has 1 atom stereocenters. The summed E-state index contributed by atoms with van der Waals surface area (Å²) in [5.41, 5.74) is 13.7. The molecule has 0 radical (unpaired) electrons. The van der Waals surface area contributed by atoms with E-state index >= 15 is 0 Å². The minimum Gasteiger partial charge on any atom is -0.489 e. The van der Waals surface area contributed by atoms with Crippen molar-refractivity contribution in [3.8, 4) is 16.9 Å². The topological polar surface area (TPSA) is 35.2 Å². The van der Waals surface area contributed by atoms with Crippen LogP contribution in [0.5, 0.6) is 5.75 Å². The van der Waals surface area contributed by atoms with E-state index in [1.54, 1.807) is 0 Å². The Labute approximate surface area is 136 Å².